The fraction of sp³-hybridized carbons (Fsp3) is 0.306. The molecule has 1 aromatic heterocycles. The van der Waals surface area contributed by atoms with E-state index in [9.17, 15) is 68.7 Å². The SMILES string of the molecule is CC1=C(C(=O)O)N2C(=O)[C@@H](NC(=O)C(N)c3ccc(O)cc3)[C@H]2SC1.Cn1nnnc1SCC1=C(C(=O)O)N2C(=O)[C@@H](NC(=O)C(O)c3ccccc3)[C@H]2SC1.NC(C(=O)N[C@@H]1C(=O)N2C(C(=O)O)=C(Cl)CS[C@H]12)c1ccccc1.[NaH]. The summed E-state index contributed by atoms with van der Waals surface area (Å²) in [4.78, 5) is 112. The molecule has 6 aliphatic heterocycles. The molecule has 0 aliphatic carbocycles. The van der Waals surface area contributed by atoms with Gasteiger partial charge in [-0.1, -0.05) is 96.2 Å². The maximum atomic E-state index is 12.7. The number of carboxylic acids is 3. The number of phenols is 1. The summed E-state index contributed by atoms with van der Waals surface area (Å²) in [7, 11) is 1.68. The fourth-order valence-corrected chi connectivity index (χ4v) is 14.0. The number of carbonyl (C=O) groups excluding carboxylic acids is 6. The number of amides is 6. The van der Waals surface area contributed by atoms with E-state index >= 15 is 0 Å². The third-order valence-corrected chi connectivity index (χ3v) is 18.5. The normalized spacial score (nSPS) is 22.6. The van der Waals surface area contributed by atoms with Crippen LogP contribution in [0.4, 0.5) is 0 Å². The predicted octanol–water partition coefficient (Wildman–Crippen LogP) is -0.102. The van der Waals surface area contributed by atoms with Gasteiger partial charge in [0.15, 0.2) is 6.10 Å². The second-order valence-electron chi connectivity index (χ2n) is 18.1. The molecule has 0 radical (unpaired) electrons. The molecule has 6 amide bonds. The van der Waals surface area contributed by atoms with Crippen molar-refractivity contribution in [2.75, 3.05) is 23.0 Å². The van der Waals surface area contributed by atoms with Gasteiger partial charge < -0.3 is 53.0 Å². The zero-order valence-electron chi connectivity index (χ0n) is 41.8. The number of aliphatic hydroxyl groups excluding tert-OH is 1. The summed E-state index contributed by atoms with van der Waals surface area (Å²) in [6.45, 7) is 1.67. The van der Waals surface area contributed by atoms with E-state index in [1.807, 2.05) is 6.07 Å². The molecule has 0 bridgehead atoms. The molecule has 3 fully saturated rings. The van der Waals surface area contributed by atoms with Crippen LogP contribution in [0.5, 0.6) is 5.75 Å². The van der Waals surface area contributed by atoms with Gasteiger partial charge in [0.1, 0.15) is 69.2 Å². The number of β-lactam (4-membered cyclic amide) rings is 3. The molecule has 0 spiro atoms. The van der Waals surface area contributed by atoms with Gasteiger partial charge in [-0.15, -0.1) is 40.4 Å². The topological polar surface area (TPSA) is 396 Å². The number of rotatable bonds is 15. The van der Waals surface area contributed by atoms with Gasteiger partial charge in [-0.2, -0.15) is 0 Å². The van der Waals surface area contributed by atoms with Gasteiger partial charge in [0, 0.05) is 30.1 Å². The first kappa shape index (κ1) is 62.2. The Hall–Kier alpha value is -6.45. The van der Waals surface area contributed by atoms with Crippen LogP contribution in [-0.2, 0) is 50.2 Å². The van der Waals surface area contributed by atoms with E-state index in [1.54, 1.807) is 68.6 Å². The molecule has 26 nitrogen and oxygen atoms in total. The zero-order chi connectivity index (χ0) is 57.9. The number of halogens is 1. The van der Waals surface area contributed by atoms with E-state index in [1.165, 1.54) is 85.8 Å². The van der Waals surface area contributed by atoms with Crippen LogP contribution in [0.15, 0.2) is 123 Å². The van der Waals surface area contributed by atoms with E-state index in [-0.39, 0.29) is 63.2 Å². The average Bonchev–Trinajstić information content (AvgIpc) is 3.87. The van der Waals surface area contributed by atoms with Gasteiger partial charge in [-0.25, -0.2) is 19.1 Å². The number of nitrogens with one attached hydrogen (secondary N) is 3. The molecule has 3 saturated heterocycles. The molecule has 3 aromatic carbocycles. The van der Waals surface area contributed by atoms with Crippen LogP contribution < -0.4 is 27.4 Å². The van der Waals surface area contributed by atoms with Crippen molar-refractivity contribution >= 4 is 142 Å². The first-order chi connectivity index (χ1) is 38.1. The van der Waals surface area contributed by atoms with E-state index in [0.717, 1.165) is 4.90 Å². The van der Waals surface area contributed by atoms with Crippen molar-refractivity contribution in [2.45, 2.75) is 64.5 Å². The number of carboxylic acid groups (broad SMARTS) is 3. The van der Waals surface area contributed by atoms with E-state index in [4.69, 9.17) is 23.1 Å². The Labute approximate surface area is 504 Å². The quantitative estimate of drug-likeness (QED) is 0.0422. The number of phenolic OH excluding ortho intramolecular Hbond substituents is 1. The molecule has 0 saturated carbocycles. The number of aryl methyl sites for hydroxylation is 1. The standard InChI is InChI=1S/C18H18N6O5S2.C16H17N3O5S.C15H14ClN3O4S.Na.H/c1-23-18(20-21-22-23)31-8-10-7-30-16-11(15(27)24(16)12(10)17(28)29)19-14(26)13(25)9-5-3-2-4-6-9;1-7-6-25-15-11(14(22)19(15)12(7)16(23)24)18-13(21)10(17)8-2-4-9(20)5-3-8;16-8-6-24-14-10(13(21)19(14)11(8)15(22)23)18-12(20)9(17)7-4-2-1-3-5-7;;/h2-6,11,13,16,25H,7-8H2,1H3,(H,19,26)(H,28,29);2-5,10-11,15,20H,6,17H2,1H3,(H,18,21)(H,23,24);1-5,9-10,14H,6,17H2,(H,18,20)(H,22,23);;/t11-,13?,16-;10?,11-,15-;9?,10-,14-;;/m111../s1. The number of aliphatic carboxylic acids is 3. The van der Waals surface area contributed by atoms with Crippen LogP contribution >= 0.6 is 58.6 Å². The van der Waals surface area contributed by atoms with Gasteiger partial charge in [0.25, 0.3) is 23.6 Å². The van der Waals surface area contributed by atoms with Gasteiger partial charge in [0.05, 0.1) is 5.03 Å². The molecule has 4 aromatic rings. The monoisotopic (exact) mass is 1220 g/mol. The Bertz CT molecular complexity index is 3250. The molecule has 7 heterocycles. The number of nitrogens with two attached hydrogens (primary N) is 2. The van der Waals surface area contributed by atoms with Crippen molar-refractivity contribution in [3.63, 3.8) is 0 Å². The zero-order valence-corrected chi connectivity index (χ0v) is 45.8. The number of carbonyl (C=O) groups is 9. The van der Waals surface area contributed by atoms with E-state index in [2.05, 4.69) is 31.5 Å². The second kappa shape index (κ2) is 26.6. The molecule has 10 rings (SSSR count). The summed E-state index contributed by atoms with van der Waals surface area (Å²) in [5.74, 6) is -5.34. The van der Waals surface area contributed by atoms with Crippen molar-refractivity contribution in [1.82, 2.24) is 50.9 Å². The molecule has 422 valence electrons. The number of tetrazole rings is 1. The first-order valence-electron chi connectivity index (χ1n) is 23.8. The number of hydrogen-bond acceptors (Lipinski definition) is 20. The number of aromatic nitrogens is 4. The predicted molar refractivity (Wildman–Crippen MR) is 297 cm³/mol. The third-order valence-electron chi connectivity index (χ3n) is 12.9. The Morgan fingerprint density at radius 2 is 1.09 bits per heavy atom. The second-order valence-corrected chi connectivity index (χ2v) is 22.8. The summed E-state index contributed by atoms with van der Waals surface area (Å²) in [5, 5.41) is 65.8. The van der Waals surface area contributed by atoms with Crippen molar-refractivity contribution < 1.29 is 68.7 Å². The minimum atomic E-state index is -1.42. The number of fused-ring (bicyclic) bond motifs is 3. The maximum absolute atomic E-state index is 12.7. The molecule has 32 heteroatoms. The van der Waals surface area contributed by atoms with Crippen molar-refractivity contribution in [1.29, 1.82) is 0 Å². The summed E-state index contributed by atoms with van der Waals surface area (Å²) < 4.78 is 1.48. The van der Waals surface area contributed by atoms with Crippen molar-refractivity contribution in [3.8, 4) is 5.75 Å². The van der Waals surface area contributed by atoms with E-state index < -0.39 is 106 Å². The Balaban J connectivity index is 0.000000176. The summed E-state index contributed by atoms with van der Waals surface area (Å²) >= 11 is 11.2. The molecule has 3 unspecified atom stereocenters. The van der Waals surface area contributed by atoms with Crippen molar-refractivity contribution in [2.24, 2.45) is 18.5 Å². The number of aromatic hydroxyl groups is 1. The number of aliphatic hydroxyl groups is 1. The number of thioether (sulfide) groups is 4. The van der Waals surface area contributed by atoms with Crippen LogP contribution in [0.25, 0.3) is 0 Å². The van der Waals surface area contributed by atoms with Gasteiger partial charge in [-0.3, -0.25) is 43.5 Å². The van der Waals surface area contributed by atoms with Gasteiger partial charge in [-0.05, 0) is 57.3 Å². The first-order valence-corrected chi connectivity index (χ1v) is 28.3. The summed E-state index contributed by atoms with van der Waals surface area (Å²) in [5.41, 5.74) is 14.2. The average molecular weight is 1220 g/mol. The third kappa shape index (κ3) is 13.1. The molecule has 81 heavy (non-hydrogen) atoms. The van der Waals surface area contributed by atoms with Gasteiger partial charge >= 0.3 is 47.5 Å². The van der Waals surface area contributed by atoms with Crippen LogP contribution in [0, 0.1) is 0 Å². The van der Waals surface area contributed by atoms with Crippen LogP contribution in [0.1, 0.15) is 41.8 Å². The fourth-order valence-electron chi connectivity index (χ4n) is 8.80. The Morgan fingerprint density at radius 1 is 0.654 bits per heavy atom. The Morgan fingerprint density at radius 3 is 1.57 bits per heavy atom. The van der Waals surface area contributed by atoms with Gasteiger partial charge in [0.2, 0.25) is 17.0 Å². The number of benzene rings is 3. The van der Waals surface area contributed by atoms with Crippen LogP contribution in [-0.4, -0.2) is 201 Å². The van der Waals surface area contributed by atoms with E-state index in [0.29, 0.717) is 50.3 Å². The molecule has 6 aliphatic rings. The molecular weight excluding hydrogens is 1170 g/mol. The molecule has 12 N–H and O–H groups in total. The van der Waals surface area contributed by atoms with Crippen molar-refractivity contribution in [3.05, 3.63) is 135 Å². The molecule has 9 atom stereocenters. The van der Waals surface area contributed by atoms with Crippen LogP contribution in [0.2, 0.25) is 0 Å². The number of hydrogen-bond donors (Lipinski definition) is 10. The minimum absolute atomic E-state index is 0. The summed E-state index contributed by atoms with van der Waals surface area (Å²) in [6, 6.07) is 18.6. The summed E-state index contributed by atoms with van der Waals surface area (Å²) in [6.07, 6.45) is -1.42. The Kier molecular flexibility index (Phi) is 20.4. The molecular formula is C49H50ClN12NaO14S4. The van der Waals surface area contributed by atoms with Crippen LogP contribution in [0.3, 0.4) is 0 Å². The number of nitrogens with zero attached hydrogens (tertiary/aromatic N) is 7.